The topological polar surface area (TPSA) is 51.8 Å². The monoisotopic (exact) mass is 203 g/mol. The van der Waals surface area contributed by atoms with Gasteiger partial charge < -0.3 is 5.73 Å². The van der Waals surface area contributed by atoms with Gasteiger partial charge in [-0.05, 0) is 23.8 Å². The minimum atomic E-state index is -0.364. The second-order valence-electron chi connectivity index (χ2n) is 3.17. The summed E-state index contributed by atoms with van der Waals surface area (Å²) in [5, 5.41) is 0. The molecule has 76 valence electrons. The van der Waals surface area contributed by atoms with Crippen molar-refractivity contribution in [2.24, 2.45) is 5.73 Å². The highest BCUT2D eigenvalue weighted by Crippen LogP contribution is 2.16. The Hall–Kier alpha value is -1.81. The van der Waals surface area contributed by atoms with E-state index in [1.807, 2.05) is 6.07 Å². The lowest BCUT2D eigenvalue weighted by Crippen LogP contribution is -2.13. The lowest BCUT2D eigenvalue weighted by Gasteiger charge is -2.10. The summed E-state index contributed by atoms with van der Waals surface area (Å²) in [7, 11) is 0. The van der Waals surface area contributed by atoms with Gasteiger partial charge in [0.25, 0.3) is 0 Å². The number of rotatable bonds is 2. The number of halogens is 1. The first-order valence-electron chi connectivity index (χ1n) is 4.54. The van der Waals surface area contributed by atoms with Crippen molar-refractivity contribution in [2.75, 3.05) is 0 Å². The van der Waals surface area contributed by atoms with Gasteiger partial charge in [-0.3, -0.25) is 9.97 Å². The number of hydrogen-bond donors (Lipinski definition) is 1. The van der Waals surface area contributed by atoms with E-state index in [0.717, 1.165) is 11.8 Å². The van der Waals surface area contributed by atoms with Gasteiger partial charge in [-0.2, -0.15) is 0 Å². The highest BCUT2D eigenvalue weighted by molar-refractivity contribution is 5.24. The quantitative estimate of drug-likeness (QED) is 0.807. The van der Waals surface area contributed by atoms with Crippen LogP contribution in [-0.4, -0.2) is 9.97 Å². The van der Waals surface area contributed by atoms with Crippen molar-refractivity contribution in [3.63, 3.8) is 0 Å². The van der Waals surface area contributed by atoms with Crippen LogP contribution in [0.25, 0.3) is 0 Å². The van der Waals surface area contributed by atoms with Crippen LogP contribution in [0.1, 0.15) is 17.3 Å². The molecule has 1 atom stereocenters. The summed E-state index contributed by atoms with van der Waals surface area (Å²) in [6.45, 7) is 0. The first-order chi connectivity index (χ1) is 7.27. The average molecular weight is 203 g/mol. The maximum absolute atomic E-state index is 12.6. The van der Waals surface area contributed by atoms with Crippen LogP contribution in [0.4, 0.5) is 4.39 Å². The molecule has 2 rings (SSSR count). The van der Waals surface area contributed by atoms with E-state index in [9.17, 15) is 4.39 Å². The molecule has 2 aromatic heterocycles. The molecule has 0 bridgehead atoms. The molecule has 2 N–H and O–H groups in total. The fraction of sp³-hybridized carbons (Fsp3) is 0.0909. The summed E-state index contributed by atoms with van der Waals surface area (Å²) in [6.07, 6.45) is 4.51. The van der Waals surface area contributed by atoms with Gasteiger partial charge >= 0.3 is 0 Å². The number of hydrogen-bond acceptors (Lipinski definition) is 3. The molecule has 2 aromatic rings. The molecule has 0 aliphatic heterocycles. The lowest BCUT2D eigenvalue weighted by molar-refractivity contribution is 0.617. The predicted octanol–water partition coefficient (Wildman–Crippen LogP) is 1.66. The van der Waals surface area contributed by atoms with Gasteiger partial charge in [-0.1, -0.05) is 6.07 Å². The van der Waals surface area contributed by atoms with Crippen molar-refractivity contribution in [3.05, 3.63) is 59.9 Å². The van der Waals surface area contributed by atoms with Crippen LogP contribution >= 0.6 is 0 Å². The van der Waals surface area contributed by atoms with E-state index < -0.39 is 0 Å². The molecule has 0 fully saturated rings. The molecule has 0 radical (unpaired) electrons. The number of nitrogens with two attached hydrogens (primary N) is 1. The summed E-state index contributed by atoms with van der Waals surface area (Å²) < 4.78 is 12.6. The molecule has 3 nitrogen and oxygen atoms in total. The van der Waals surface area contributed by atoms with E-state index in [1.54, 1.807) is 24.5 Å². The van der Waals surface area contributed by atoms with Gasteiger partial charge in [0, 0.05) is 12.4 Å². The lowest BCUT2D eigenvalue weighted by atomic mass is 10.1. The zero-order valence-corrected chi connectivity index (χ0v) is 7.97. The summed E-state index contributed by atoms with van der Waals surface area (Å²) in [6, 6.07) is 6.23. The number of aromatic nitrogens is 2. The summed E-state index contributed by atoms with van der Waals surface area (Å²) in [4.78, 5) is 7.89. The van der Waals surface area contributed by atoms with Crippen molar-refractivity contribution >= 4 is 0 Å². The van der Waals surface area contributed by atoms with Crippen LogP contribution in [0, 0.1) is 5.82 Å². The molecule has 0 aliphatic carbocycles. The van der Waals surface area contributed by atoms with Gasteiger partial charge in [-0.15, -0.1) is 0 Å². The summed E-state index contributed by atoms with van der Waals surface area (Å²) >= 11 is 0. The molecule has 0 aromatic carbocycles. The normalized spacial score (nSPS) is 12.4. The van der Waals surface area contributed by atoms with Crippen molar-refractivity contribution in [1.82, 2.24) is 9.97 Å². The predicted molar refractivity (Wildman–Crippen MR) is 54.5 cm³/mol. The van der Waals surface area contributed by atoms with Gasteiger partial charge in [0.05, 0.1) is 17.9 Å². The van der Waals surface area contributed by atoms with Crippen LogP contribution in [0.2, 0.25) is 0 Å². The van der Waals surface area contributed by atoms with E-state index in [1.165, 1.54) is 6.07 Å². The van der Waals surface area contributed by atoms with Crippen molar-refractivity contribution in [1.29, 1.82) is 0 Å². The third-order valence-corrected chi connectivity index (χ3v) is 2.11. The van der Waals surface area contributed by atoms with E-state index in [-0.39, 0.29) is 11.9 Å². The molecule has 0 aliphatic rings. The third kappa shape index (κ3) is 2.16. The Bertz CT molecular complexity index is 427. The maximum Gasteiger partial charge on any atom is 0.141 e. The fourth-order valence-electron chi connectivity index (χ4n) is 1.30. The SMILES string of the molecule is NC(c1cccnc1)c1ccc(F)cn1. The Balaban J connectivity index is 2.29. The number of nitrogens with zero attached hydrogens (tertiary/aromatic N) is 2. The summed E-state index contributed by atoms with van der Waals surface area (Å²) in [5.41, 5.74) is 7.43. The largest absolute Gasteiger partial charge is 0.319 e. The first-order valence-corrected chi connectivity index (χ1v) is 4.54. The molecule has 0 spiro atoms. The Kier molecular flexibility index (Phi) is 2.69. The van der Waals surface area contributed by atoms with Gasteiger partial charge in [-0.25, -0.2) is 4.39 Å². The average Bonchev–Trinajstić information content (AvgIpc) is 2.30. The van der Waals surface area contributed by atoms with Gasteiger partial charge in [0.2, 0.25) is 0 Å². The number of pyridine rings is 2. The molecule has 4 heteroatoms. The Labute approximate surface area is 86.8 Å². The van der Waals surface area contributed by atoms with E-state index >= 15 is 0 Å². The van der Waals surface area contributed by atoms with Crippen molar-refractivity contribution < 1.29 is 4.39 Å². The smallest absolute Gasteiger partial charge is 0.141 e. The summed E-state index contributed by atoms with van der Waals surface area (Å²) in [5.74, 6) is -0.364. The van der Waals surface area contributed by atoms with Gasteiger partial charge in [0.1, 0.15) is 5.82 Å². The van der Waals surface area contributed by atoms with E-state index in [2.05, 4.69) is 9.97 Å². The molecular formula is C11H10FN3. The van der Waals surface area contributed by atoms with Crippen LogP contribution in [-0.2, 0) is 0 Å². The van der Waals surface area contributed by atoms with E-state index in [4.69, 9.17) is 5.73 Å². The van der Waals surface area contributed by atoms with Crippen LogP contribution in [0.3, 0.4) is 0 Å². The van der Waals surface area contributed by atoms with Gasteiger partial charge in [0.15, 0.2) is 0 Å². The fourth-order valence-corrected chi connectivity index (χ4v) is 1.30. The van der Waals surface area contributed by atoms with Crippen LogP contribution < -0.4 is 5.73 Å². The molecule has 0 amide bonds. The molecule has 1 unspecified atom stereocenters. The Morgan fingerprint density at radius 1 is 1.20 bits per heavy atom. The van der Waals surface area contributed by atoms with Crippen molar-refractivity contribution in [3.8, 4) is 0 Å². The minimum Gasteiger partial charge on any atom is -0.319 e. The standard InChI is InChI=1S/C11H10FN3/c12-9-3-4-10(15-7-9)11(13)8-2-1-5-14-6-8/h1-7,11H,13H2. The van der Waals surface area contributed by atoms with Crippen LogP contribution in [0.5, 0.6) is 0 Å². The Morgan fingerprint density at radius 3 is 2.67 bits per heavy atom. The molecule has 0 saturated carbocycles. The van der Waals surface area contributed by atoms with Crippen LogP contribution in [0.15, 0.2) is 42.9 Å². The highest BCUT2D eigenvalue weighted by Gasteiger charge is 2.09. The Morgan fingerprint density at radius 2 is 2.07 bits per heavy atom. The molecule has 15 heavy (non-hydrogen) atoms. The second-order valence-corrected chi connectivity index (χ2v) is 3.17. The highest BCUT2D eigenvalue weighted by atomic mass is 19.1. The van der Waals surface area contributed by atoms with Crippen molar-refractivity contribution in [2.45, 2.75) is 6.04 Å². The molecule has 0 saturated heterocycles. The zero-order valence-electron chi connectivity index (χ0n) is 7.97. The zero-order chi connectivity index (χ0) is 10.7. The van der Waals surface area contributed by atoms with E-state index in [0.29, 0.717) is 5.69 Å². The first kappa shape index (κ1) is 9.73. The molecular weight excluding hydrogens is 193 g/mol. The maximum atomic E-state index is 12.6. The molecule has 2 heterocycles. The third-order valence-electron chi connectivity index (χ3n) is 2.11. The minimum absolute atomic E-state index is 0.362. The second kappa shape index (κ2) is 4.14.